The first kappa shape index (κ1) is 16.7. The lowest BCUT2D eigenvalue weighted by Crippen LogP contribution is -2.13. The zero-order valence-corrected chi connectivity index (χ0v) is 15.1. The van der Waals surface area contributed by atoms with Crippen LogP contribution in [-0.2, 0) is 4.79 Å². The Morgan fingerprint density at radius 1 is 1.17 bits per heavy atom. The highest BCUT2D eigenvalue weighted by molar-refractivity contribution is 8.00. The van der Waals surface area contributed by atoms with Crippen molar-refractivity contribution < 1.29 is 4.79 Å². The largest absolute Gasteiger partial charge is 0.301 e. The number of pyridine rings is 1. The summed E-state index contributed by atoms with van der Waals surface area (Å²) in [5.74, 6) is 0.308. The van der Waals surface area contributed by atoms with Gasteiger partial charge in [0.1, 0.15) is 0 Å². The maximum Gasteiger partial charge on any atom is 0.236 e. The van der Waals surface area contributed by atoms with Crippen LogP contribution in [0.25, 0.3) is 10.6 Å². The Balaban J connectivity index is 1.61. The number of carbonyl (C=O) groups excluding carboxylic acids is 1. The van der Waals surface area contributed by atoms with Gasteiger partial charge in [0, 0.05) is 11.1 Å². The van der Waals surface area contributed by atoms with Gasteiger partial charge in [0.2, 0.25) is 5.91 Å². The Labute approximate surface area is 149 Å². The summed E-state index contributed by atoms with van der Waals surface area (Å²) in [5.41, 5.74) is 2.96. The topological polar surface area (TPSA) is 54.9 Å². The number of anilines is 1. The lowest BCUT2D eigenvalue weighted by atomic mass is 10.2. The number of benzene rings is 1. The van der Waals surface area contributed by atoms with E-state index < -0.39 is 0 Å². The third-order valence-electron chi connectivity index (χ3n) is 3.33. The van der Waals surface area contributed by atoms with E-state index in [1.807, 2.05) is 56.3 Å². The number of amides is 1. The number of thioether (sulfide) groups is 1. The van der Waals surface area contributed by atoms with Gasteiger partial charge in [-0.15, -0.1) is 11.8 Å². The van der Waals surface area contributed by atoms with Gasteiger partial charge in [-0.25, -0.2) is 4.98 Å². The molecule has 0 aliphatic rings. The summed E-state index contributed by atoms with van der Waals surface area (Å²) in [7, 11) is 0. The molecule has 0 saturated heterocycles. The number of hydrogen-bond donors (Lipinski definition) is 1. The van der Waals surface area contributed by atoms with Crippen molar-refractivity contribution in [3.63, 3.8) is 0 Å². The lowest BCUT2D eigenvalue weighted by molar-refractivity contribution is -0.113. The van der Waals surface area contributed by atoms with Gasteiger partial charge < -0.3 is 5.32 Å². The van der Waals surface area contributed by atoms with E-state index in [1.54, 1.807) is 6.20 Å². The monoisotopic (exact) mass is 355 g/mol. The average Bonchev–Trinajstić information content (AvgIpc) is 2.95. The normalized spacial score (nSPS) is 10.6. The van der Waals surface area contributed by atoms with E-state index in [0.717, 1.165) is 21.2 Å². The van der Waals surface area contributed by atoms with Crippen molar-refractivity contribution in [1.82, 2.24) is 9.97 Å². The Morgan fingerprint density at radius 3 is 2.67 bits per heavy atom. The molecular weight excluding hydrogens is 338 g/mol. The van der Waals surface area contributed by atoms with E-state index >= 15 is 0 Å². The van der Waals surface area contributed by atoms with Crippen molar-refractivity contribution in [1.29, 1.82) is 0 Å². The quantitative estimate of drug-likeness (QED) is 0.682. The van der Waals surface area contributed by atoms with Crippen LogP contribution in [0.15, 0.2) is 53.6 Å². The van der Waals surface area contributed by atoms with Crippen molar-refractivity contribution in [2.45, 2.75) is 18.7 Å². The number of hydrogen-bond acceptors (Lipinski definition) is 5. The van der Waals surface area contributed by atoms with Gasteiger partial charge in [-0.1, -0.05) is 35.1 Å². The molecule has 1 amide bonds. The molecule has 4 nitrogen and oxygen atoms in total. The molecular formula is C18H17N3OS2. The van der Waals surface area contributed by atoms with Crippen LogP contribution in [0.1, 0.15) is 11.3 Å². The molecule has 0 aliphatic heterocycles. The van der Waals surface area contributed by atoms with Crippen LogP contribution < -0.4 is 5.32 Å². The van der Waals surface area contributed by atoms with Crippen molar-refractivity contribution in [3.8, 4) is 10.6 Å². The van der Waals surface area contributed by atoms with E-state index in [9.17, 15) is 4.79 Å². The van der Waals surface area contributed by atoms with E-state index in [2.05, 4.69) is 15.3 Å². The molecule has 6 heteroatoms. The van der Waals surface area contributed by atoms with Gasteiger partial charge in [0.15, 0.2) is 5.13 Å². The van der Waals surface area contributed by atoms with Crippen molar-refractivity contribution >= 4 is 34.1 Å². The van der Waals surface area contributed by atoms with Crippen LogP contribution in [-0.4, -0.2) is 21.6 Å². The van der Waals surface area contributed by atoms with Crippen LogP contribution in [0.2, 0.25) is 0 Å². The average molecular weight is 355 g/mol. The molecule has 0 aliphatic carbocycles. The molecule has 3 aromatic rings. The Hall–Kier alpha value is -2.18. The van der Waals surface area contributed by atoms with E-state index in [1.165, 1.54) is 28.7 Å². The first-order valence-corrected chi connectivity index (χ1v) is 9.30. The zero-order chi connectivity index (χ0) is 16.9. The summed E-state index contributed by atoms with van der Waals surface area (Å²) < 4.78 is 0. The van der Waals surface area contributed by atoms with Crippen LogP contribution >= 0.6 is 23.1 Å². The highest BCUT2D eigenvalue weighted by Gasteiger charge is 2.12. The fourth-order valence-corrected chi connectivity index (χ4v) is 3.78. The third kappa shape index (κ3) is 4.21. The highest BCUT2D eigenvalue weighted by Crippen LogP contribution is 2.31. The Kier molecular flexibility index (Phi) is 5.27. The van der Waals surface area contributed by atoms with Crippen LogP contribution in [0.4, 0.5) is 5.13 Å². The Morgan fingerprint density at radius 2 is 1.96 bits per heavy atom. The number of carbonyl (C=O) groups is 1. The maximum absolute atomic E-state index is 12.1. The summed E-state index contributed by atoms with van der Waals surface area (Å²) in [6.45, 7) is 3.97. The van der Waals surface area contributed by atoms with Gasteiger partial charge in [-0.3, -0.25) is 9.78 Å². The van der Waals surface area contributed by atoms with Crippen molar-refractivity contribution in [2.24, 2.45) is 0 Å². The van der Waals surface area contributed by atoms with E-state index in [0.29, 0.717) is 10.9 Å². The fraction of sp³-hybridized carbons (Fsp3) is 0.167. The minimum atomic E-state index is -0.0538. The summed E-state index contributed by atoms with van der Waals surface area (Å²) in [5, 5.41) is 3.49. The molecule has 1 N–H and O–H groups in total. The molecule has 0 unspecified atom stereocenters. The second kappa shape index (κ2) is 7.59. The van der Waals surface area contributed by atoms with Gasteiger partial charge >= 0.3 is 0 Å². The minimum Gasteiger partial charge on any atom is -0.301 e. The number of nitrogens with one attached hydrogen (secondary N) is 1. The number of nitrogens with zero attached hydrogens (tertiary/aromatic N) is 2. The van der Waals surface area contributed by atoms with Crippen LogP contribution in [0, 0.1) is 13.8 Å². The molecule has 0 atom stereocenters. The summed E-state index contributed by atoms with van der Waals surface area (Å²) in [4.78, 5) is 23.0. The summed E-state index contributed by atoms with van der Waals surface area (Å²) >= 11 is 2.97. The number of thiazole rings is 1. The molecule has 0 spiro atoms. The Bertz CT molecular complexity index is 829. The van der Waals surface area contributed by atoms with Crippen molar-refractivity contribution in [3.05, 3.63) is 59.9 Å². The number of aromatic nitrogens is 2. The SMILES string of the molecule is Cc1ccc(SCC(=O)Nc2nc(C)c(-c3ccccn3)s2)cc1. The highest BCUT2D eigenvalue weighted by atomic mass is 32.2. The van der Waals surface area contributed by atoms with Gasteiger partial charge in [0.05, 0.1) is 22.0 Å². The molecule has 2 heterocycles. The predicted molar refractivity (Wildman–Crippen MR) is 101 cm³/mol. The molecule has 0 bridgehead atoms. The minimum absolute atomic E-state index is 0.0538. The zero-order valence-electron chi connectivity index (χ0n) is 13.4. The molecule has 0 fully saturated rings. The maximum atomic E-state index is 12.1. The fourth-order valence-electron chi connectivity index (χ4n) is 2.12. The van der Waals surface area contributed by atoms with E-state index in [-0.39, 0.29) is 5.91 Å². The molecule has 0 saturated carbocycles. The van der Waals surface area contributed by atoms with Gasteiger partial charge in [-0.2, -0.15) is 0 Å². The van der Waals surface area contributed by atoms with E-state index in [4.69, 9.17) is 0 Å². The number of aryl methyl sites for hydroxylation is 2. The van der Waals surface area contributed by atoms with Crippen molar-refractivity contribution in [2.75, 3.05) is 11.1 Å². The smallest absolute Gasteiger partial charge is 0.236 e. The summed E-state index contributed by atoms with van der Waals surface area (Å²) in [6, 6.07) is 13.9. The van der Waals surface area contributed by atoms with Gasteiger partial charge in [-0.05, 0) is 38.1 Å². The molecule has 1 aromatic carbocycles. The molecule has 0 radical (unpaired) electrons. The second-order valence-electron chi connectivity index (χ2n) is 5.30. The van der Waals surface area contributed by atoms with Crippen LogP contribution in [0.3, 0.4) is 0 Å². The predicted octanol–water partition coefficient (Wildman–Crippen LogP) is 4.55. The third-order valence-corrected chi connectivity index (χ3v) is 5.44. The molecule has 2 aromatic heterocycles. The van der Waals surface area contributed by atoms with Crippen LogP contribution in [0.5, 0.6) is 0 Å². The summed E-state index contributed by atoms with van der Waals surface area (Å²) in [6.07, 6.45) is 1.75. The lowest BCUT2D eigenvalue weighted by Gasteiger charge is -2.02. The molecule has 24 heavy (non-hydrogen) atoms. The number of rotatable bonds is 5. The second-order valence-corrected chi connectivity index (χ2v) is 7.35. The molecule has 3 rings (SSSR count). The van der Waals surface area contributed by atoms with Gasteiger partial charge in [0.25, 0.3) is 0 Å². The molecule has 122 valence electrons. The first-order valence-electron chi connectivity index (χ1n) is 7.50. The standard InChI is InChI=1S/C18H17N3OS2/c1-12-6-8-14(9-7-12)23-11-16(22)21-18-20-13(2)17(24-18)15-5-3-4-10-19-15/h3-10H,11H2,1-2H3,(H,20,21,22). The first-order chi connectivity index (χ1) is 11.6.